The maximum atomic E-state index is 12.1. The molecule has 0 aromatic heterocycles. The molecule has 0 radical (unpaired) electrons. The Hall–Kier alpha value is -0.370. The Labute approximate surface area is 55.2 Å². The molecule has 1 nitrogen and oxygen atoms in total. The van der Waals surface area contributed by atoms with E-state index in [0.717, 1.165) is 19.3 Å². The Bertz CT molecular complexity index is 88.9. The molecule has 54 valence electrons. The van der Waals surface area contributed by atoms with Crippen molar-refractivity contribution in [3.63, 3.8) is 0 Å². The molecule has 0 saturated heterocycles. The maximum absolute atomic E-state index is 12.1. The van der Waals surface area contributed by atoms with Crippen molar-refractivity contribution in [2.24, 2.45) is 0 Å². The van der Waals surface area contributed by atoms with Gasteiger partial charge in [-0.05, 0) is 12.8 Å². The van der Waals surface area contributed by atoms with E-state index in [0.29, 0.717) is 0 Å². The summed E-state index contributed by atoms with van der Waals surface area (Å²) in [7, 11) is 0. The Balaban J connectivity index is 3.21. The monoisotopic (exact) mass is 132 g/mol. The maximum Gasteiger partial charge on any atom is 0.121 e. The molecular formula is C7H13FO. The van der Waals surface area contributed by atoms with Gasteiger partial charge in [0.1, 0.15) is 5.83 Å². The van der Waals surface area contributed by atoms with Crippen molar-refractivity contribution in [1.82, 2.24) is 0 Å². The Morgan fingerprint density at radius 1 is 1.67 bits per heavy atom. The van der Waals surface area contributed by atoms with Gasteiger partial charge in [-0.25, -0.2) is 4.39 Å². The van der Waals surface area contributed by atoms with Crippen LogP contribution in [0.25, 0.3) is 0 Å². The molecule has 0 unspecified atom stereocenters. The Kier molecular flexibility index (Phi) is 5.52. The fourth-order valence-electron chi connectivity index (χ4n) is 0.527. The molecule has 0 aromatic rings. The average molecular weight is 132 g/mol. The zero-order chi connectivity index (χ0) is 7.11. The molecule has 0 saturated carbocycles. The van der Waals surface area contributed by atoms with E-state index in [1.54, 1.807) is 0 Å². The number of unbranched alkanes of at least 4 members (excludes halogenated alkanes) is 2. The summed E-state index contributed by atoms with van der Waals surface area (Å²) in [5, 5.41) is 8.19. The van der Waals surface area contributed by atoms with Gasteiger partial charge in [0, 0.05) is 0 Å². The first-order valence-corrected chi connectivity index (χ1v) is 3.26. The van der Waals surface area contributed by atoms with Crippen LogP contribution in [0.3, 0.4) is 0 Å². The molecule has 0 bridgehead atoms. The van der Waals surface area contributed by atoms with Crippen LogP contribution in [0.1, 0.15) is 26.2 Å². The van der Waals surface area contributed by atoms with Crippen molar-refractivity contribution >= 4 is 0 Å². The summed E-state index contributed by atoms with van der Waals surface area (Å²) in [5.41, 5.74) is 0. The van der Waals surface area contributed by atoms with Gasteiger partial charge in [0.05, 0.1) is 6.61 Å². The molecule has 0 aliphatic carbocycles. The summed E-state index contributed by atoms with van der Waals surface area (Å²) in [6, 6.07) is 0. The van der Waals surface area contributed by atoms with Gasteiger partial charge < -0.3 is 5.11 Å². The van der Waals surface area contributed by atoms with Crippen molar-refractivity contribution in [3.8, 4) is 0 Å². The lowest BCUT2D eigenvalue weighted by Crippen LogP contribution is -1.81. The third-order valence-electron chi connectivity index (χ3n) is 1.07. The van der Waals surface area contributed by atoms with Crippen molar-refractivity contribution in [3.05, 3.63) is 11.9 Å². The SMILES string of the molecule is CCCC/C=C(/F)CO. The molecule has 0 aliphatic rings. The van der Waals surface area contributed by atoms with Gasteiger partial charge in [0.25, 0.3) is 0 Å². The van der Waals surface area contributed by atoms with Gasteiger partial charge >= 0.3 is 0 Å². The van der Waals surface area contributed by atoms with Crippen LogP contribution in [0, 0.1) is 0 Å². The number of halogens is 1. The van der Waals surface area contributed by atoms with Gasteiger partial charge in [-0.2, -0.15) is 0 Å². The van der Waals surface area contributed by atoms with E-state index in [9.17, 15) is 4.39 Å². The first kappa shape index (κ1) is 8.63. The van der Waals surface area contributed by atoms with Crippen molar-refractivity contribution in [2.45, 2.75) is 26.2 Å². The van der Waals surface area contributed by atoms with Crippen LogP contribution in [-0.2, 0) is 0 Å². The van der Waals surface area contributed by atoms with Gasteiger partial charge in [-0.3, -0.25) is 0 Å². The smallest absolute Gasteiger partial charge is 0.121 e. The molecule has 9 heavy (non-hydrogen) atoms. The third-order valence-corrected chi connectivity index (χ3v) is 1.07. The standard InChI is InChI=1S/C7H13FO/c1-2-3-4-5-7(8)6-9/h5,9H,2-4,6H2,1H3/b7-5+. The molecule has 2 heteroatoms. The van der Waals surface area contributed by atoms with Gasteiger partial charge in [0.15, 0.2) is 0 Å². The van der Waals surface area contributed by atoms with Crippen LogP contribution in [0.2, 0.25) is 0 Å². The van der Waals surface area contributed by atoms with E-state index in [4.69, 9.17) is 5.11 Å². The number of allylic oxidation sites excluding steroid dienone is 1. The van der Waals surface area contributed by atoms with Crippen LogP contribution in [-0.4, -0.2) is 11.7 Å². The van der Waals surface area contributed by atoms with E-state index < -0.39 is 12.4 Å². The first-order valence-electron chi connectivity index (χ1n) is 3.26. The predicted octanol–water partition coefficient (Wildman–Crippen LogP) is 2.02. The lowest BCUT2D eigenvalue weighted by molar-refractivity contribution is 0.297. The number of hydrogen-bond donors (Lipinski definition) is 1. The molecule has 0 atom stereocenters. The fraction of sp³-hybridized carbons (Fsp3) is 0.714. The molecule has 0 aliphatic heterocycles. The van der Waals surface area contributed by atoms with Gasteiger partial charge in [0.2, 0.25) is 0 Å². The fourth-order valence-corrected chi connectivity index (χ4v) is 0.527. The van der Waals surface area contributed by atoms with Crippen molar-refractivity contribution in [2.75, 3.05) is 6.61 Å². The first-order chi connectivity index (χ1) is 4.31. The van der Waals surface area contributed by atoms with Crippen LogP contribution in [0.15, 0.2) is 11.9 Å². The van der Waals surface area contributed by atoms with Crippen LogP contribution in [0.5, 0.6) is 0 Å². The van der Waals surface area contributed by atoms with Gasteiger partial charge in [-0.1, -0.05) is 19.4 Å². The van der Waals surface area contributed by atoms with Crippen molar-refractivity contribution in [1.29, 1.82) is 0 Å². The van der Waals surface area contributed by atoms with Gasteiger partial charge in [-0.15, -0.1) is 0 Å². The average Bonchev–Trinajstić information content (AvgIpc) is 1.89. The number of aliphatic hydroxyl groups is 1. The predicted molar refractivity (Wildman–Crippen MR) is 35.8 cm³/mol. The second-order valence-electron chi connectivity index (χ2n) is 1.95. The zero-order valence-electron chi connectivity index (χ0n) is 5.73. The molecule has 0 fully saturated rings. The highest BCUT2D eigenvalue weighted by atomic mass is 19.1. The van der Waals surface area contributed by atoms with Crippen LogP contribution in [0.4, 0.5) is 4.39 Å². The summed E-state index contributed by atoms with van der Waals surface area (Å²) < 4.78 is 12.1. The molecule has 1 N–H and O–H groups in total. The highest BCUT2D eigenvalue weighted by molar-refractivity contribution is 4.90. The highest BCUT2D eigenvalue weighted by Gasteiger charge is 1.87. The number of hydrogen-bond acceptors (Lipinski definition) is 1. The molecule has 0 aromatic carbocycles. The van der Waals surface area contributed by atoms with E-state index in [2.05, 4.69) is 0 Å². The van der Waals surface area contributed by atoms with E-state index >= 15 is 0 Å². The largest absolute Gasteiger partial charge is 0.389 e. The number of rotatable bonds is 4. The second-order valence-corrected chi connectivity index (χ2v) is 1.95. The summed E-state index contributed by atoms with van der Waals surface area (Å²) in [5.74, 6) is -0.413. The zero-order valence-corrected chi connectivity index (χ0v) is 5.73. The van der Waals surface area contributed by atoms with Crippen LogP contribution < -0.4 is 0 Å². The molecular weight excluding hydrogens is 119 g/mol. The topological polar surface area (TPSA) is 20.2 Å². The Morgan fingerprint density at radius 3 is 2.78 bits per heavy atom. The highest BCUT2D eigenvalue weighted by Crippen LogP contribution is 2.00. The minimum Gasteiger partial charge on any atom is -0.389 e. The second kappa shape index (κ2) is 5.76. The summed E-state index contributed by atoms with van der Waals surface area (Å²) in [6.45, 7) is 1.59. The molecule has 0 heterocycles. The van der Waals surface area contributed by atoms with E-state index in [-0.39, 0.29) is 0 Å². The summed E-state index contributed by atoms with van der Waals surface area (Å²) in [6.07, 6.45) is 4.23. The number of aliphatic hydroxyl groups excluding tert-OH is 1. The van der Waals surface area contributed by atoms with Crippen LogP contribution >= 0.6 is 0 Å². The quantitative estimate of drug-likeness (QED) is 0.580. The molecule has 0 amide bonds. The lowest BCUT2D eigenvalue weighted by Gasteiger charge is -1.89. The van der Waals surface area contributed by atoms with Crippen molar-refractivity contribution < 1.29 is 9.50 Å². The summed E-state index contributed by atoms with van der Waals surface area (Å²) >= 11 is 0. The van der Waals surface area contributed by atoms with E-state index in [1.165, 1.54) is 6.08 Å². The summed E-state index contributed by atoms with van der Waals surface area (Å²) in [4.78, 5) is 0. The van der Waals surface area contributed by atoms with E-state index in [1.807, 2.05) is 6.92 Å². The third kappa shape index (κ3) is 5.50. The minimum absolute atomic E-state index is 0.413. The lowest BCUT2D eigenvalue weighted by atomic mass is 10.2. The molecule has 0 spiro atoms. The molecule has 0 rings (SSSR count). The Morgan fingerprint density at radius 2 is 2.33 bits per heavy atom. The minimum atomic E-state index is -0.455. The normalized spacial score (nSPS) is 12.1.